The molecule has 41 heavy (non-hydrogen) atoms. The zero-order valence-electron chi connectivity index (χ0n) is 23.0. The number of carbonyl (C=O) groups is 5. The summed E-state index contributed by atoms with van der Waals surface area (Å²) in [6.45, 7) is 3.09. The van der Waals surface area contributed by atoms with E-state index in [1.54, 1.807) is 23.1 Å². The quantitative estimate of drug-likeness (QED) is 0.290. The minimum absolute atomic E-state index is 0.0969. The lowest BCUT2D eigenvalue weighted by Gasteiger charge is -2.24. The maximum atomic E-state index is 12.9. The number of benzene rings is 2. The van der Waals surface area contributed by atoms with Gasteiger partial charge in [0.05, 0.1) is 19.2 Å². The van der Waals surface area contributed by atoms with Gasteiger partial charge in [0.25, 0.3) is 0 Å². The van der Waals surface area contributed by atoms with E-state index in [1.165, 1.54) is 12.0 Å². The molecule has 0 bridgehead atoms. The van der Waals surface area contributed by atoms with E-state index in [-0.39, 0.29) is 25.4 Å². The van der Waals surface area contributed by atoms with E-state index in [1.807, 2.05) is 31.2 Å². The number of carboxylic acids is 2. The molecule has 3 rings (SSSR count). The number of nitrogens with zero attached hydrogens (tertiary/aromatic N) is 2. The van der Waals surface area contributed by atoms with Crippen LogP contribution in [0.25, 0.3) is 0 Å². The van der Waals surface area contributed by atoms with Crippen LogP contribution in [0.1, 0.15) is 30.4 Å². The Hall–Kier alpha value is -4.81. The number of hydrogen-bond acceptors (Lipinski definition) is 6. The lowest BCUT2D eigenvalue weighted by atomic mass is 10.1. The highest BCUT2D eigenvalue weighted by atomic mass is 16.5. The molecule has 0 aliphatic carbocycles. The standard InChI is InChI=1S/C28H35N5O8/c1-18-6-3-4-7-20(18)29-27(39)30-21-10-8-19(16-23(21)41-2)9-11-24(34)32-12-5-13-33(15-14-32)28(40)31-22(26(37)38)17-25(35)36/h3-4,6-8,10,16,22H,5,9,11-15,17H2,1-2H3,(H,31,40)(H,35,36)(H,37,38)(H2,29,30,39). The number of carboxylic acid groups (broad SMARTS) is 2. The first-order valence-corrected chi connectivity index (χ1v) is 13.2. The summed E-state index contributed by atoms with van der Waals surface area (Å²) < 4.78 is 5.45. The van der Waals surface area contributed by atoms with Gasteiger partial charge in [0.2, 0.25) is 5.91 Å². The second-order valence-electron chi connectivity index (χ2n) is 9.59. The summed E-state index contributed by atoms with van der Waals surface area (Å²) in [5.41, 5.74) is 2.94. The number of para-hydroxylation sites is 1. The Morgan fingerprint density at radius 2 is 1.61 bits per heavy atom. The van der Waals surface area contributed by atoms with E-state index in [2.05, 4.69) is 16.0 Å². The van der Waals surface area contributed by atoms with Crippen LogP contribution in [-0.2, 0) is 20.8 Å². The topological polar surface area (TPSA) is 178 Å². The summed E-state index contributed by atoms with van der Waals surface area (Å²) in [5, 5.41) is 25.9. The molecule has 220 valence electrons. The Morgan fingerprint density at radius 1 is 0.927 bits per heavy atom. The van der Waals surface area contributed by atoms with Gasteiger partial charge in [-0.25, -0.2) is 14.4 Å². The van der Waals surface area contributed by atoms with Crippen LogP contribution in [0.2, 0.25) is 0 Å². The maximum Gasteiger partial charge on any atom is 0.326 e. The van der Waals surface area contributed by atoms with Gasteiger partial charge in [-0.15, -0.1) is 0 Å². The van der Waals surface area contributed by atoms with Gasteiger partial charge in [-0.05, 0) is 49.1 Å². The van der Waals surface area contributed by atoms with Crippen LogP contribution in [0.5, 0.6) is 5.75 Å². The van der Waals surface area contributed by atoms with Crippen LogP contribution in [0, 0.1) is 6.92 Å². The fourth-order valence-corrected chi connectivity index (χ4v) is 4.38. The van der Waals surface area contributed by atoms with E-state index < -0.39 is 36.5 Å². The Morgan fingerprint density at radius 3 is 2.29 bits per heavy atom. The van der Waals surface area contributed by atoms with Crippen LogP contribution in [0.15, 0.2) is 42.5 Å². The number of nitrogens with one attached hydrogen (secondary N) is 3. The minimum Gasteiger partial charge on any atom is -0.495 e. The van der Waals surface area contributed by atoms with Crippen molar-refractivity contribution in [1.82, 2.24) is 15.1 Å². The van der Waals surface area contributed by atoms with Gasteiger partial charge < -0.3 is 40.7 Å². The first-order valence-electron chi connectivity index (χ1n) is 13.2. The molecule has 1 atom stereocenters. The number of amides is 5. The summed E-state index contributed by atoms with van der Waals surface area (Å²) in [4.78, 5) is 63.1. The summed E-state index contributed by atoms with van der Waals surface area (Å²) in [7, 11) is 1.49. The highest BCUT2D eigenvalue weighted by molar-refractivity contribution is 6.01. The number of urea groups is 2. The molecule has 0 aromatic heterocycles. The van der Waals surface area contributed by atoms with Crippen molar-refractivity contribution in [1.29, 1.82) is 0 Å². The molecule has 1 heterocycles. The van der Waals surface area contributed by atoms with E-state index in [0.717, 1.165) is 11.1 Å². The van der Waals surface area contributed by atoms with Crippen molar-refractivity contribution in [2.24, 2.45) is 0 Å². The Labute approximate surface area is 237 Å². The van der Waals surface area contributed by atoms with Crippen molar-refractivity contribution in [2.45, 2.75) is 38.6 Å². The third-order valence-electron chi connectivity index (χ3n) is 6.65. The van der Waals surface area contributed by atoms with E-state index in [9.17, 15) is 24.0 Å². The van der Waals surface area contributed by atoms with Crippen molar-refractivity contribution in [2.75, 3.05) is 43.9 Å². The Balaban J connectivity index is 1.51. The highest BCUT2D eigenvalue weighted by Crippen LogP contribution is 2.27. The second-order valence-corrected chi connectivity index (χ2v) is 9.59. The molecule has 5 amide bonds. The average molecular weight is 570 g/mol. The summed E-state index contributed by atoms with van der Waals surface area (Å²) in [6, 6.07) is 10.1. The van der Waals surface area contributed by atoms with Gasteiger partial charge in [0, 0.05) is 38.3 Å². The number of methoxy groups -OCH3 is 1. The van der Waals surface area contributed by atoms with Gasteiger partial charge in [0.1, 0.15) is 11.8 Å². The van der Waals surface area contributed by atoms with Crippen LogP contribution < -0.4 is 20.7 Å². The first kappa shape index (κ1) is 30.7. The molecule has 1 saturated heterocycles. The zero-order chi connectivity index (χ0) is 29.9. The number of aliphatic carboxylic acids is 2. The van der Waals surface area contributed by atoms with E-state index >= 15 is 0 Å². The molecule has 0 spiro atoms. The lowest BCUT2D eigenvalue weighted by Crippen LogP contribution is -2.49. The highest BCUT2D eigenvalue weighted by Gasteiger charge is 2.27. The molecular weight excluding hydrogens is 534 g/mol. The van der Waals surface area contributed by atoms with Crippen LogP contribution in [0.3, 0.4) is 0 Å². The molecule has 13 heteroatoms. The number of hydrogen-bond donors (Lipinski definition) is 5. The Kier molecular flexibility index (Phi) is 10.9. The van der Waals surface area contributed by atoms with Crippen molar-refractivity contribution >= 4 is 41.3 Å². The molecule has 0 saturated carbocycles. The monoisotopic (exact) mass is 569 g/mol. The number of anilines is 2. The first-order chi connectivity index (χ1) is 19.6. The van der Waals surface area contributed by atoms with E-state index in [4.69, 9.17) is 14.9 Å². The smallest absolute Gasteiger partial charge is 0.326 e. The van der Waals surface area contributed by atoms with Gasteiger partial charge in [0.15, 0.2) is 0 Å². The molecular formula is C28H35N5O8. The van der Waals surface area contributed by atoms with Crippen LogP contribution in [-0.4, -0.2) is 89.3 Å². The largest absolute Gasteiger partial charge is 0.495 e. The minimum atomic E-state index is -1.54. The number of aryl methyl sites for hydroxylation is 2. The zero-order valence-corrected chi connectivity index (χ0v) is 23.0. The summed E-state index contributed by atoms with van der Waals surface area (Å²) in [5.74, 6) is -2.41. The van der Waals surface area contributed by atoms with E-state index in [0.29, 0.717) is 43.1 Å². The molecule has 5 N–H and O–H groups in total. The Bertz CT molecular complexity index is 1280. The lowest BCUT2D eigenvalue weighted by molar-refractivity contribution is -0.145. The molecule has 1 unspecified atom stereocenters. The van der Waals surface area contributed by atoms with Crippen molar-refractivity contribution in [3.8, 4) is 5.75 Å². The van der Waals surface area contributed by atoms with Crippen molar-refractivity contribution in [3.63, 3.8) is 0 Å². The summed E-state index contributed by atoms with van der Waals surface area (Å²) >= 11 is 0. The maximum absolute atomic E-state index is 12.9. The third-order valence-corrected chi connectivity index (χ3v) is 6.65. The van der Waals surface area contributed by atoms with Crippen molar-refractivity contribution in [3.05, 3.63) is 53.6 Å². The van der Waals surface area contributed by atoms with Gasteiger partial charge in [-0.3, -0.25) is 9.59 Å². The van der Waals surface area contributed by atoms with Crippen molar-refractivity contribution < 1.29 is 38.9 Å². The molecule has 0 radical (unpaired) electrons. The second kappa shape index (κ2) is 14.5. The average Bonchev–Trinajstić information content (AvgIpc) is 3.19. The van der Waals surface area contributed by atoms with Gasteiger partial charge >= 0.3 is 24.0 Å². The number of carbonyl (C=O) groups excluding carboxylic acids is 3. The van der Waals surface area contributed by atoms with Gasteiger partial charge in [-0.2, -0.15) is 0 Å². The van der Waals surface area contributed by atoms with Crippen LogP contribution >= 0.6 is 0 Å². The molecule has 1 fully saturated rings. The molecule has 13 nitrogen and oxygen atoms in total. The number of rotatable bonds is 10. The molecule has 2 aromatic carbocycles. The molecule has 2 aromatic rings. The SMILES string of the molecule is COc1cc(CCC(=O)N2CCCN(C(=O)NC(CC(=O)O)C(=O)O)CC2)ccc1NC(=O)Nc1ccccc1C. The molecule has 1 aliphatic rings. The fraction of sp³-hybridized carbons (Fsp3) is 0.393. The predicted molar refractivity (Wildman–Crippen MR) is 150 cm³/mol. The number of ether oxygens (including phenoxy) is 1. The summed E-state index contributed by atoms with van der Waals surface area (Å²) in [6.07, 6.45) is 0.410. The van der Waals surface area contributed by atoms with Gasteiger partial charge in [-0.1, -0.05) is 24.3 Å². The van der Waals surface area contributed by atoms with Crippen LogP contribution in [0.4, 0.5) is 21.0 Å². The normalized spacial score (nSPS) is 13.9. The molecule has 1 aliphatic heterocycles. The predicted octanol–water partition coefficient (Wildman–Crippen LogP) is 2.75. The third kappa shape index (κ3) is 9.12. The fourth-order valence-electron chi connectivity index (χ4n) is 4.38.